The number of alkyl halides is 6. The lowest BCUT2D eigenvalue weighted by Crippen LogP contribution is -2.36. The first kappa shape index (κ1) is 19.9. The first-order valence-corrected chi connectivity index (χ1v) is 9.14. The van der Waals surface area contributed by atoms with Gasteiger partial charge in [-0.2, -0.15) is 0 Å². The Bertz CT molecular complexity index is 332. The summed E-state index contributed by atoms with van der Waals surface area (Å²) in [5, 5.41) is 0. The molecule has 1 fully saturated rings. The molecule has 20 heavy (non-hydrogen) atoms. The molecule has 0 N–H and O–H groups in total. The molecule has 1 aliphatic rings. The molecule has 0 aromatic rings. The van der Waals surface area contributed by atoms with Crippen LogP contribution in [0.15, 0.2) is 0 Å². The van der Waals surface area contributed by atoms with E-state index in [1.54, 1.807) is 0 Å². The van der Waals surface area contributed by atoms with Crippen molar-refractivity contribution in [1.82, 2.24) is 4.67 Å². The maximum absolute atomic E-state index is 12.7. The normalized spacial score (nSPS) is 19.3. The second-order valence-corrected chi connectivity index (χ2v) is 10.9. The summed E-state index contributed by atoms with van der Waals surface area (Å²) < 4.78 is 26.2. The van der Waals surface area contributed by atoms with Gasteiger partial charge in [-0.05, 0) is 0 Å². The number of halogens is 6. The fourth-order valence-electron chi connectivity index (χ4n) is 1.31. The third kappa shape index (κ3) is 7.89. The third-order valence-electron chi connectivity index (χ3n) is 2.12. The molecule has 0 spiro atoms. The van der Waals surface area contributed by atoms with Crippen LogP contribution in [0.4, 0.5) is 0 Å². The van der Waals surface area contributed by atoms with Gasteiger partial charge in [0, 0.05) is 13.1 Å². The van der Waals surface area contributed by atoms with E-state index in [0.29, 0.717) is 26.3 Å². The molecule has 120 valence electrons. The van der Waals surface area contributed by atoms with Crippen LogP contribution in [0.1, 0.15) is 0 Å². The highest BCUT2D eigenvalue weighted by molar-refractivity contribution is 7.51. The van der Waals surface area contributed by atoms with Crippen molar-refractivity contribution < 1.29 is 18.3 Å². The molecule has 12 heteroatoms. The quantitative estimate of drug-likeness (QED) is 0.484. The Morgan fingerprint density at radius 2 is 1.35 bits per heavy atom. The average molecular weight is 430 g/mol. The average Bonchev–Trinajstić information content (AvgIpc) is 2.33. The molecule has 1 heterocycles. The molecule has 0 saturated carbocycles. The van der Waals surface area contributed by atoms with Crippen LogP contribution >= 0.6 is 77.4 Å². The lowest BCUT2D eigenvalue weighted by atomic mass is 10.5. The van der Waals surface area contributed by atoms with Gasteiger partial charge in [0.2, 0.25) is 7.59 Å². The number of ether oxygens (including phenoxy) is 1. The summed E-state index contributed by atoms with van der Waals surface area (Å²) in [5.41, 5.74) is 0. The van der Waals surface area contributed by atoms with Crippen LogP contribution in [0, 0.1) is 0 Å². The number of nitrogens with zero attached hydrogens (tertiary/aromatic N) is 1. The zero-order chi connectivity index (χ0) is 15.4. The van der Waals surface area contributed by atoms with Crippen LogP contribution < -0.4 is 0 Å². The van der Waals surface area contributed by atoms with Crippen molar-refractivity contribution in [3.05, 3.63) is 0 Å². The Morgan fingerprint density at radius 1 is 0.950 bits per heavy atom. The van der Waals surface area contributed by atoms with Gasteiger partial charge in [-0.3, -0.25) is 9.05 Å². The topological polar surface area (TPSA) is 48.0 Å². The van der Waals surface area contributed by atoms with Crippen LogP contribution in [0.2, 0.25) is 0 Å². The first-order valence-electron chi connectivity index (χ1n) is 5.38. The van der Waals surface area contributed by atoms with Gasteiger partial charge in [-0.1, -0.05) is 69.6 Å². The van der Waals surface area contributed by atoms with Gasteiger partial charge >= 0.3 is 7.75 Å². The van der Waals surface area contributed by atoms with Gasteiger partial charge in [0.1, 0.15) is 13.2 Å². The van der Waals surface area contributed by atoms with E-state index in [1.807, 2.05) is 0 Å². The van der Waals surface area contributed by atoms with E-state index >= 15 is 0 Å². The molecule has 0 amide bonds. The summed E-state index contributed by atoms with van der Waals surface area (Å²) >= 11 is 33.5. The zero-order valence-electron chi connectivity index (χ0n) is 10.0. The highest BCUT2D eigenvalue weighted by atomic mass is 35.6. The summed E-state index contributed by atoms with van der Waals surface area (Å²) in [6.45, 7) is 0.558. The van der Waals surface area contributed by atoms with Crippen molar-refractivity contribution in [2.24, 2.45) is 0 Å². The van der Waals surface area contributed by atoms with Gasteiger partial charge in [-0.15, -0.1) is 0 Å². The Hall–Kier alpha value is 1.81. The van der Waals surface area contributed by atoms with Crippen LogP contribution in [-0.2, 0) is 18.3 Å². The van der Waals surface area contributed by atoms with Gasteiger partial charge in [-0.25, -0.2) is 9.24 Å². The van der Waals surface area contributed by atoms with E-state index in [-0.39, 0.29) is 0 Å². The minimum absolute atomic E-state index is 0.330. The molecular weight excluding hydrogens is 418 g/mol. The Morgan fingerprint density at radius 3 is 1.70 bits per heavy atom. The summed E-state index contributed by atoms with van der Waals surface area (Å²) in [4.78, 5) is 0. The molecule has 0 unspecified atom stereocenters. The van der Waals surface area contributed by atoms with Crippen LogP contribution in [0.5, 0.6) is 0 Å². The fraction of sp³-hybridized carbons (Fsp3) is 1.00. The van der Waals surface area contributed by atoms with E-state index in [9.17, 15) is 4.57 Å². The molecule has 0 radical (unpaired) electrons. The maximum Gasteiger partial charge on any atom is 0.408 e. The van der Waals surface area contributed by atoms with Crippen molar-refractivity contribution in [2.45, 2.75) is 7.59 Å². The standard InChI is InChI=1S/C8H12Cl6NO4P/c9-7(10,11)5-18-20(16,19-6-8(12,13)14)15-1-3-17-4-2-15/h1-6H2. The molecule has 1 saturated heterocycles. The van der Waals surface area contributed by atoms with Crippen LogP contribution in [0.25, 0.3) is 0 Å². The van der Waals surface area contributed by atoms with E-state index < -0.39 is 28.5 Å². The molecule has 5 nitrogen and oxygen atoms in total. The Kier molecular flexibility index (Phi) is 8.01. The predicted octanol–water partition coefficient (Wildman–Crippen LogP) is 4.20. The Labute approximate surface area is 147 Å². The van der Waals surface area contributed by atoms with Gasteiger partial charge in [0.15, 0.2) is 0 Å². The highest BCUT2D eigenvalue weighted by Crippen LogP contribution is 2.54. The van der Waals surface area contributed by atoms with Crippen LogP contribution in [-0.4, -0.2) is 51.8 Å². The van der Waals surface area contributed by atoms with Crippen molar-refractivity contribution in [1.29, 1.82) is 0 Å². The molecule has 0 aliphatic carbocycles. The molecule has 1 rings (SSSR count). The molecule has 0 aromatic heterocycles. The summed E-state index contributed by atoms with van der Waals surface area (Å²) in [6, 6.07) is 0. The lowest BCUT2D eigenvalue weighted by molar-refractivity contribution is 0.0501. The van der Waals surface area contributed by atoms with E-state index in [1.165, 1.54) is 4.67 Å². The largest absolute Gasteiger partial charge is 0.408 e. The van der Waals surface area contributed by atoms with E-state index in [2.05, 4.69) is 0 Å². The van der Waals surface area contributed by atoms with Crippen molar-refractivity contribution >= 4 is 77.4 Å². The molecule has 0 atom stereocenters. The summed E-state index contributed by atoms with van der Waals surface area (Å²) in [6.07, 6.45) is 0. The second kappa shape index (κ2) is 8.07. The summed E-state index contributed by atoms with van der Waals surface area (Å²) in [5.74, 6) is 0. The molecule has 0 bridgehead atoms. The predicted molar refractivity (Wildman–Crippen MR) is 82.5 cm³/mol. The van der Waals surface area contributed by atoms with E-state index in [0.717, 1.165) is 0 Å². The Balaban J connectivity index is 2.73. The first-order chi connectivity index (χ1) is 9.02. The van der Waals surface area contributed by atoms with Gasteiger partial charge in [0.25, 0.3) is 0 Å². The van der Waals surface area contributed by atoms with Crippen LogP contribution in [0.3, 0.4) is 0 Å². The smallest absolute Gasteiger partial charge is 0.379 e. The maximum atomic E-state index is 12.7. The molecular formula is C8H12Cl6NO4P. The van der Waals surface area contributed by atoms with Crippen molar-refractivity contribution in [3.63, 3.8) is 0 Å². The zero-order valence-corrected chi connectivity index (χ0v) is 15.5. The summed E-state index contributed by atoms with van der Waals surface area (Å²) in [7, 11) is -3.74. The lowest BCUT2D eigenvalue weighted by Gasteiger charge is -2.33. The van der Waals surface area contributed by atoms with Gasteiger partial charge < -0.3 is 4.74 Å². The van der Waals surface area contributed by atoms with Crippen molar-refractivity contribution in [3.8, 4) is 0 Å². The second-order valence-electron chi connectivity index (χ2n) is 3.81. The minimum Gasteiger partial charge on any atom is -0.379 e. The van der Waals surface area contributed by atoms with Crippen molar-refractivity contribution in [2.75, 3.05) is 39.5 Å². The fourth-order valence-corrected chi connectivity index (χ4v) is 3.86. The number of rotatable bonds is 5. The minimum atomic E-state index is -3.74. The molecule has 0 aromatic carbocycles. The third-order valence-corrected chi connectivity index (χ3v) is 4.77. The van der Waals surface area contributed by atoms with Gasteiger partial charge in [0.05, 0.1) is 13.2 Å². The highest BCUT2D eigenvalue weighted by Gasteiger charge is 2.39. The number of hydrogen-bond acceptors (Lipinski definition) is 4. The number of morpholine rings is 1. The number of hydrogen-bond donors (Lipinski definition) is 0. The SMILES string of the molecule is O=P(OCC(Cl)(Cl)Cl)(OCC(Cl)(Cl)Cl)N1CCOCC1. The monoisotopic (exact) mass is 427 g/mol. The van der Waals surface area contributed by atoms with E-state index in [4.69, 9.17) is 83.4 Å². The molecule has 1 aliphatic heterocycles.